The molecule has 0 spiro atoms. The lowest BCUT2D eigenvalue weighted by atomic mass is 10.0. The van der Waals surface area contributed by atoms with Crippen LogP contribution in [-0.4, -0.2) is 72.1 Å². The molecule has 2 aromatic heterocycles. The van der Waals surface area contributed by atoms with Crippen LogP contribution in [0.4, 0.5) is 4.39 Å². The Morgan fingerprint density at radius 2 is 1.76 bits per heavy atom. The van der Waals surface area contributed by atoms with E-state index in [9.17, 15) is 14.0 Å². The smallest absolute Gasteiger partial charge is 0.258 e. The molecule has 0 saturated carbocycles. The van der Waals surface area contributed by atoms with Gasteiger partial charge in [0.05, 0.1) is 29.0 Å². The first kappa shape index (κ1) is 28.4. The number of carbonyl (C=O) groups is 2. The molecule has 1 atom stereocenters. The van der Waals surface area contributed by atoms with E-state index in [2.05, 4.69) is 15.4 Å². The van der Waals surface area contributed by atoms with E-state index in [0.29, 0.717) is 73.1 Å². The van der Waals surface area contributed by atoms with Gasteiger partial charge >= 0.3 is 0 Å². The summed E-state index contributed by atoms with van der Waals surface area (Å²) in [5.41, 5.74) is 4.27. The van der Waals surface area contributed by atoms with E-state index in [1.54, 1.807) is 33.5 Å². The first-order valence-corrected chi connectivity index (χ1v) is 14.7. The molecule has 0 N–H and O–H groups in total. The SMILES string of the molecule is Cc1ccc(Cn2nc(C)c(C(=O)N3CCC(N4CCC(n5cc(-c6ccc(Cl)c(F)c6)nn5)C4=O)CC3)c2Cl)cc1. The van der Waals surface area contributed by atoms with E-state index in [1.165, 1.54) is 17.7 Å². The van der Waals surface area contributed by atoms with Crippen molar-refractivity contribution in [3.8, 4) is 11.3 Å². The quantitative estimate of drug-likeness (QED) is 0.295. The molecule has 9 nitrogen and oxygen atoms in total. The summed E-state index contributed by atoms with van der Waals surface area (Å²) in [5, 5.41) is 13.2. The molecular formula is C30H30Cl2FN7O2. The molecule has 2 saturated heterocycles. The number of hydrogen-bond acceptors (Lipinski definition) is 5. The molecule has 4 aromatic rings. The van der Waals surface area contributed by atoms with Gasteiger partial charge in [-0.2, -0.15) is 5.10 Å². The summed E-state index contributed by atoms with van der Waals surface area (Å²) in [6.07, 6.45) is 3.61. The Morgan fingerprint density at radius 1 is 1.02 bits per heavy atom. The van der Waals surface area contributed by atoms with Gasteiger partial charge in [0.1, 0.15) is 22.7 Å². The van der Waals surface area contributed by atoms with Crippen LogP contribution in [0.15, 0.2) is 48.7 Å². The summed E-state index contributed by atoms with van der Waals surface area (Å²) in [5.74, 6) is -0.689. The molecule has 2 aliphatic rings. The van der Waals surface area contributed by atoms with Crippen molar-refractivity contribution < 1.29 is 14.0 Å². The zero-order valence-electron chi connectivity index (χ0n) is 23.3. The molecule has 0 aliphatic carbocycles. The fraction of sp³-hybridized carbons (Fsp3) is 0.367. The Kier molecular flexibility index (Phi) is 7.76. The molecule has 2 aliphatic heterocycles. The van der Waals surface area contributed by atoms with Crippen molar-refractivity contribution in [1.82, 2.24) is 34.6 Å². The van der Waals surface area contributed by atoms with Crippen LogP contribution >= 0.6 is 23.2 Å². The third kappa shape index (κ3) is 5.41. The number of amides is 2. The minimum Gasteiger partial charge on any atom is -0.338 e. The van der Waals surface area contributed by atoms with Gasteiger partial charge in [-0.05, 0) is 50.8 Å². The molecule has 0 bridgehead atoms. The number of benzene rings is 2. The number of hydrogen-bond donors (Lipinski definition) is 0. The lowest BCUT2D eigenvalue weighted by Crippen LogP contribution is -2.47. The lowest BCUT2D eigenvalue weighted by molar-refractivity contribution is -0.133. The van der Waals surface area contributed by atoms with Crippen LogP contribution < -0.4 is 0 Å². The minimum absolute atomic E-state index is 0.0187. The first-order chi connectivity index (χ1) is 20.2. The number of likely N-dealkylation sites (tertiary alicyclic amines) is 2. The maximum atomic E-state index is 13.9. The predicted molar refractivity (Wildman–Crippen MR) is 157 cm³/mol. The summed E-state index contributed by atoms with van der Waals surface area (Å²) in [6.45, 7) is 5.96. The van der Waals surface area contributed by atoms with E-state index in [4.69, 9.17) is 23.2 Å². The van der Waals surface area contributed by atoms with Crippen molar-refractivity contribution in [2.75, 3.05) is 19.6 Å². The predicted octanol–water partition coefficient (Wildman–Crippen LogP) is 5.33. The van der Waals surface area contributed by atoms with Crippen LogP contribution in [0, 0.1) is 19.7 Å². The highest BCUT2D eigenvalue weighted by molar-refractivity contribution is 6.33. The Labute approximate surface area is 252 Å². The Bertz CT molecular complexity index is 1640. The van der Waals surface area contributed by atoms with Gasteiger partial charge in [0.2, 0.25) is 5.91 Å². The van der Waals surface area contributed by atoms with Gasteiger partial charge in [0, 0.05) is 31.2 Å². The summed E-state index contributed by atoms with van der Waals surface area (Å²) in [7, 11) is 0. The van der Waals surface area contributed by atoms with E-state index in [-0.39, 0.29) is 22.9 Å². The van der Waals surface area contributed by atoms with Crippen molar-refractivity contribution in [2.45, 2.75) is 51.7 Å². The van der Waals surface area contributed by atoms with Crippen molar-refractivity contribution >= 4 is 35.0 Å². The van der Waals surface area contributed by atoms with Crippen molar-refractivity contribution in [3.05, 3.63) is 87.0 Å². The fourth-order valence-corrected chi connectivity index (χ4v) is 6.25. The summed E-state index contributed by atoms with van der Waals surface area (Å²) in [4.78, 5) is 30.6. The van der Waals surface area contributed by atoms with Gasteiger partial charge in [0.15, 0.2) is 0 Å². The van der Waals surface area contributed by atoms with Crippen molar-refractivity contribution in [2.24, 2.45) is 0 Å². The summed E-state index contributed by atoms with van der Waals surface area (Å²) < 4.78 is 17.1. The number of aryl methyl sites for hydroxylation is 2. The van der Waals surface area contributed by atoms with Gasteiger partial charge in [-0.15, -0.1) is 5.10 Å². The van der Waals surface area contributed by atoms with Crippen molar-refractivity contribution in [3.63, 3.8) is 0 Å². The Hall–Kier alpha value is -3.76. The zero-order valence-corrected chi connectivity index (χ0v) is 24.8. The second kappa shape index (κ2) is 11.5. The monoisotopic (exact) mass is 609 g/mol. The zero-order chi connectivity index (χ0) is 29.5. The third-order valence-electron chi connectivity index (χ3n) is 8.18. The molecular weight excluding hydrogens is 580 g/mol. The van der Waals surface area contributed by atoms with Crippen molar-refractivity contribution in [1.29, 1.82) is 0 Å². The number of halogens is 3. The van der Waals surface area contributed by atoms with E-state index in [1.807, 2.05) is 36.1 Å². The highest BCUT2D eigenvalue weighted by atomic mass is 35.5. The summed E-state index contributed by atoms with van der Waals surface area (Å²) in [6, 6.07) is 12.1. The summed E-state index contributed by atoms with van der Waals surface area (Å²) >= 11 is 12.5. The number of piperidine rings is 1. The molecule has 2 fully saturated rings. The molecule has 0 radical (unpaired) electrons. The highest BCUT2D eigenvalue weighted by Crippen LogP contribution is 2.31. The van der Waals surface area contributed by atoms with Crippen LogP contribution in [0.2, 0.25) is 10.2 Å². The third-order valence-corrected chi connectivity index (χ3v) is 8.87. The second-order valence-electron chi connectivity index (χ2n) is 11.0. The van der Waals surface area contributed by atoms with E-state index < -0.39 is 11.9 Å². The highest BCUT2D eigenvalue weighted by Gasteiger charge is 2.39. The number of rotatable bonds is 6. The molecule has 42 heavy (non-hydrogen) atoms. The van der Waals surface area contributed by atoms with Gasteiger partial charge in [0.25, 0.3) is 5.91 Å². The van der Waals surface area contributed by atoms with E-state index in [0.717, 1.165) is 5.56 Å². The largest absolute Gasteiger partial charge is 0.338 e. The van der Waals surface area contributed by atoms with Crippen LogP contribution in [0.5, 0.6) is 0 Å². The molecule has 2 aromatic carbocycles. The lowest BCUT2D eigenvalue weighted by Gasteiger charge is -2.36. The van der Waals surface area contributed by atoms with Gasteiger partial charge in [-0.25, -0.2) is 13.8 Å². The molecule has 2 amide bonds. The average molecular weight is 611 g/mol. The van der Waals surface area contributed by atoms with Crippen LogP contribution in [0.25, 0.3) is 11.3 Å². The minimum atomic E-state index is -0.537. The maximum absolute atomic E-state index is 13.9. The Balaban J connectivity index is 1.08. The van der Waals surface area contributed by atoms with Crippen LogP contribution in [0.3, 0.4) is 0 Å². The van der Waals surface area contributed by atoms with Crippen LogP contribution in [-0.2, 0) is 11.3 Å². The molecule has 4 heterocycles. The molecule has 1 unspecified atom stereocenters. The van der Waals surface area contributed by atoms with Crippen LogP contribution in [0.1, 0.15) is 52.5 Å². The standard InChI is InChI=1S/C30H30Cl2FN7O2/c1-18-3-5-20(6-4-18)16-40-28(32)27(19(2)35-40)30(42)37-12-9-22(10-13-37)38-14-11-26(29(38)41)39-17-25(34-36-39)21-7-8-23(31)24(33)15-21/h3-8,15,17,22,26H,9-14,16H2,1-2H3. The molecule has 12 heteroatoms. The maximum Gasteiger partial charge on any atom is 0.258 e. The van der Waals surface area contributed by atoms with Gasteiger partial charge < -0.3 is 9.80 Å². The second-order valence-corrected chi connectivity index (χ2v) is 11.7. The average Bonchev–Trinajstić information content (AvgIpc) is 3.68. The fourth-order valence-electron chi connectivity index (χ4n) is 5.82. The van der Waals surface area contributed by atoms with E-state index >= 15 is 0 Å². The number of carbonyl (C=O) groups excluding carboxylic acids is 2. The molecule has 218 valence electrons. The van der Waals surface area contributed by atoms with Gasteiger partial charge in [-0.3, -0.25) is 9.59 Å². The number of nitrogens with zero attached hydrogens (tertiary/aromatic N) is 7. The Morgan fingerprint density at radius 3 is 2.48 bits per heavy atom. The first-order valence-electron chi connectivity index (χ1n) is 13.9. The topological polar surface area (TPSA) is 89.2 Å². The normalized spacial score (nSPS) is 17.8. The van der Waals surface area contributed by atoms with Gasteiger partial charge in [-0.1, -0.05) is 64.3 Å². The number of aromatic nitrogens is 5. The molecule has 6 rings (SSSR count).